The summed E-state index contributed by atoms with van der Waals surface area (Å²) in [6.07, 6.45) is 0. The van der Waals surface area contributed by atoms with Gasteiger partial charge in [-0.2, -0.15) is 0 Å². The minimum absolute atomic E-state index is 0.294. The van der Waals surface area contributed by atoms with Gasteiger partial charge in [-0.3, -0.25) is 9.36 Å². The molecular weight excluding hydrogens is 321 g/mol. The van der Waals surface area contributed by atoms with Crippen LogP contribution in [0.5, 0.6) is 0 Å². The van der Waals surface area contributed by atoms with Gasteiger partial charge in [-0.25, -0.2) is 0 Å². The van der Waals surface area contributed by atoms with E-state index in [4.69, 9.17) is 4.74 Å². The Morgan fingerprint density at radius 1 is 1.17 bits per heavy atom. The first-order chi connectivity index (χ1) is 11.4. The van der Waals surface area contributed by atoms with Crippen LogP contribution in [0.1, 0.15) is 13.8 Å². The van der Waals surface area contributed by atoms with Crippen LogP contribution >= 0.6 is 11.8 Å². The third-order valence-corrected chi connectivity index (χ3v) is 4.95. The van der Waals surface area contributed by atoms with Crippen LogP contribution < -0.4 is 5.72 Å². The Morgan fingerprint density at radius 3 is 2.62 bits per heavy atom. The van der Waals surface area contributed by atoms with Gasteiger partial charge in [0.25, 0.3) is 0 Å². The molecule has 1 heterocycles. The molecule has 0 saturated heterocycles. The monoisotopic (exact) mass is 339 g/mol. The van der Waals surface area contributed by atoms with E-state index in [0.29, 0.717) is 5.16 Å². The number of methoxy groups -OCH3 is 1. The summed E-state index contributed by atoms with van der Waals surface area (Å²) in [5.41, 5.74) is 1.77. The van der Waals surface area contributed by atoms with Gasteiger partial charge in [0, 0.05) is 5.39 Å². The van der Waals surface area contributed by atoms with Crippen LogP contribution in [0.15, 0.2) is 47.6 Å². The summed E-state index contributed by atoms with van der Waals surface area (Å²) < 4.78 is 6.12. The Balaban J connectivity index is 2.13. The normalized spacial score (nSPS) is 11.6. The molecule has 7 heteroatoms. The molecular formula is C17H18BN3O2S. The predicted molar refractivity (Wildman–Crippen MR) is 99.0 cm³/mol. The van der Waals surface area contributed by atoms with E-state index in [1.54, 1.807) is 0 Å². The number of aromatic nitrogens is 3. The van der Waals surface area contributed by atoms with Crippen molar-refractivity contribution in [2.45, 2.75) is 23.8 Å². The summed E-state index contributed by atoms with van der Waals surface area (Å²) in [6.45, 7) is 3.64. The lowest BCUT2D eigenvalue weighted by Crippen LogP contribution is -2.30. The number of ether oxygens (including phenoxy) is 1. The standard InChI is InChI=1S/C17H18BN3O2S/c1-17(2,14(22)23-3)24-16-20-19-15(18)21(16)13-10-6-8-11-7-4-5-9-12(11)13/h4-10H,18H2,1-3H3. The van der Waals surface area contributed by atoms with E-state index in [-0.39, 0.29) is 5.97 Å². The summed E-state index contributed by atoms with van der Waals surface area (Å²) in [7, 11) is 3.30. The van der Waals surface area contributed by atoms with Crippen molar-refractivity contribution in [1.82, 2.24) is 14.8 Å². The van der Waals surface area contributed by atoms with Crippen LogP contribution in [0.4, 0.5) is 0 Å². The Morgan fingerprint density at radius 2 is 1.88 bits per heavy atom. The summed E-state index contributed by atoms with van der Waals surface area (Å²) in [6, 6.07) is 14.3. The number of hydrogen-bond donors (Lipinski definition) is 0. The molecule has 0 saturated carbocycles. The van der Waals surface area contributed by atoms with Crippen LogP contribution in [0.25, 0.3) is 16.5 Å². The van der Waals surface area contributed by atoms with Gasteiger partial charge in [-0.15, -0.1) is 10.2 Å². The van der Waals surface area contributed by atoms with Crippen molar-refractivity contribution < 1.29 is 9.53 Å². The maximum Gasteiger partial charge on any atom is 0.321 e. The number of hydrogen-bond acceptors (Lipinski definition) is 5. The number of rotatable bonds is 4. The molecule has 3 rings (SSSR count). The minimum Gasteiger partial charge on any atom is -0.468 e. The first kappa shape index (κ1) is 16.6. The van der Waals surface area contributed by atoms with Crippen LogP contribution in [-0.2, 0) is 9.53 Å². The fraction of sp³-hybridized carbons (Fsp3) is 0.235. The number of thioether (sulfide) groups is 1. The van der Waals surface area contributed by atoms with Crippen molar-refractivity contribution in [2.24, 2.45) is 0 Å². The van der Waals surface area contributed by atoms with E-state index in [1.807, 2.05) is 50.5 Å². The molecule has 0 bridgehead atoms. The average Bonchev–Trinajstić information content (AvgIpc) is 2.93. The average molecular weight is 339 g/mol. The van der Waals surface area contributed by atoms with Crippen molar-refractivity contribution in [3.05, 3.63) is 42.5 Å². The van der Waals surface area contributed by atoms with Crippen molar-refractivity contribution >= 4 is 42.1 Å². The molecule has 0 aliphatic rings. The van der Waals surface area contributed by atoms with E-state index < -0.39 is 4.75 Å². The van der Waals surface area contributed by atoms with Crippen molar-refractivity contribution in [2.75, 3.05) is 7.11 Å². The highest BCUT2D eigenvalue weighted by molar-refractivity contribution is 8.01. The first-order valence-corrected chi connectivity index (χ1v) is 8.43. The van der Waals surface area contributed by atoms with Crippen LogP contribution in [-0.4, -0.2) is 40.4 Å². The van der Waals surface area contributed by atoms with Gasteiger partial charge in [-0.1, -0.05) is 48.2 Å². The summed E-state index contributed by atoms with van der Waals surface area (Å²) in [4.78, 5) is 12.0. The van der Waals surface area contributed by atoms with Gasteiger partial charge in [0.2, 0.25) is 0 Å². The predicted octanol–water partition coefficient (Wildman–Crippen LogP) is 1.72. The number of carbonyl (C=O) groups excluding carboxylic acids is 1. The molecule has 0 unspecified atom stereocenters. The number of nitrogens with zero attached hydrogens (tertiary/aromatic N) is 3. The highest BCUT2D eigenvalue weighted by atomic mass is 32.2. The lowest BCUT2D eigenvalue weighted by Gasteiger charge is -2.21. The van der Waals surface area contributed by atoms with Crippen molar-refractivity contribution in [3.63, 3.8) is 0 Å². The molecule has 122 valence electrons. The number of benzene rings is 2. The maximum atomic E-state index is 12.0. The lowest BCUT2D eigenvalue weighted by molar-refractivity contribution is -0.142. The number of esters is 1. The molecule has 2 aromatic carbocycles. The topological polar surface area (TPSA) is 57.0 Å². The molecule has 0 radical (unpaired) electrons. The highest BCUT2D eigenvalue weighted by Gasteiger charge is 2.32. The van der Waals surface area contributed by atoms with Crippen molar-refractivity contribution in [1.29, 1.82) is 0 Å². The first-order valence-electron chi connectivity index (χ1n) is 7.61. The Labute approximate surface area is 145 Å². The Hall–Kier alpha value is -2.28. The Kier molecular flexibility index (Phi) is 4.36. The van der Waals surface area contributed by atoms with Crippen molar-refractivity contribution in [3.8, 4) is 5.69 Å². The molecule has 3 aromatic rings. The molecule has 0 fully saturated rings. The van der Waals surface area contributed by atoms with Crippen LogP contribution in [0, 0.1) is 0 Å². The lowest BCUT2D eigenvalue weighted by atomic mass is 10.1. The van der Waals surface area contributed by atoms with E-state index in [0.717, 1.165) is 22.2 Å². The van der Waals surface area contributed by atoms with Gasteiger partial charge in [0.15, 0.2) is 13.0 Å². The van der Waals surface area contributed by atoms with Gasteiger partial charge in [-0.05, 0) is 25.3 Å². The molecule has 0 amide bonds. The zero-order valence-corrected chi connectivity index (χ0v) is 14.9. The van der Waals surface area contributed by atoms with Gasteiger partial charge >= 0.3 is 5.97 Å². The van der Waals surface area contributed by atoms with E-state index in [9.17, 15) is 4.79 Å². The van der Waals surface area contributed by atoms with Crippen LogP contribution in [0.3, 0.4) is 0 Å². The van der Waals surface area contributed by atoms with Gasteiger partial charge in [0.1, 0.15) is 4.75 Å². The van der Waals surface area contributed by atoms with E-state index >= 15 is 0 Å². The molecule has 24 heavy (non-hydrogen) atoms. The molecule has 0 spiro atoms. The second kappa shape index (κ2) is 6.32. The largest absolute Gasteiger partial charge is 0.468 e. The summed E-state index contributed by atoms with van der Waals surface area (Å²) in [5.74, 6) is -0.294. The van der Waals surface area contributed by atoms with Crippen LogP contribution in [0.2, 0.25) is 0 Å². The molecule has 0 atom stereocenters. The SMILES string of the molecule is Bc1nnc(SC(C)(C)C(=O)OC)n1-c1cccc2ccccc12. The third-order valence-electron chi connectivity index (χ3n) is 3.83. The fourth-order valence-electron chi connectivity index (χ4n) is 2.61. The minimum atomic E-state index is -0.753. The zero-order valence-electron chi connectivity index (χ0n) is 14.1. The molecule has 1 aromatic heterocycles. The van der Waals surface area contributed by atoms with Gasteiger partial charge in [0.05, 0.1) is 18.5 Å². The Bertz CT molecular complexity index is 902. The molecule has 0 aliphatic heterocycles. The smallest absolute Gasteiger partial charge is 0.321 e. The number of fused-ring (bicyclic) bond motifs is 1. The highest BCUT2D eigenvalue weighted by Crippen LogP contribution is 2.34. The summed E-state index contributed by atoms with van der Waals surface area (Å²) in [5, 5.41) is 11.4. The second-order valence-corrected chi connectivity index (χ2v) is 7.56. The third kappa shape index (κ3) is 2.91. The molecule has 5 nitrogen and oxygen atoms in total. The number of carbonyl (C=O) groups is 1. The molecule has 0 N–H and O–H groups in total. The maximum absolute atomic E-state index is 12.0. The quantitative estimate of drug-likeness (QED) is 0.412. The fourth-order valence-corrected chi connectivity index (χ4v) is 3.63. The van der Waals surface area contributed by atoms with E-state index in [2.05, 4.69) is 28.4 Å². The molecule has 0 aliphatic carbocycles. The zero-order chi connectivity index (χ0) is 17.3. The van der Waals surface area contributed by atoms with E-state index in [1.165, 1.54) is 18.9 Å². The summed E-state index contributed by atoms with van der Waals surface area (Å²) >= 11 is 1.34. The second-order valence-electron chi connectivity index (χ2n) is 5.97. The van der Waals surface area contributed by atoms with Gasteiger partial charge < -0.3 is 4.74 Å².